The molecule has 0 fully saturated rings. The number of aromatic nitrogens is 1. The number of ether oxygens (including phenoxy) is 2. The van der Waals surface area contributed by atoms with Gasteiger partial charge in [0, 0.05) is 24.7 Å². The molecule has 0 radical (unpaired) electrons. The van der Waals surface area contributed by atoms with Gasteiger partial charge in [-0.25, -0.2) is 4.98 Å². The van der Waals surface area contributed by atoms with Gasteiger partial charge in [-0.15, -0.1) is 0 Å². The van der Waals surface area contributed by atoms with Gasteiger partial charge in [0.15, 0.2) is 0 Å². The second-order valence-electron chi connectivity index (χ2n) is 7.03. The molecule has 5 heteroatoms. The van der Waals surface area contributed by atoms with Crippen LogP contribution in [0.15, 0.2) is 66.7 Å². The van der Waals surface area contributed by atoms with Crippen molar-refractivity contribution in [2.24, 2.45) is 0 Å². The van der Waals surface area contributed by atoms with E-state index in [-0.39, 0.29) is 0 Å². The Hall–Kier alpha value is -3.05. The highest BCUT2D eigenvalue weighted by Crippen LogP contribution is 2.33. The summed E-state index contributed by atoms with van der Waals surface area (Å²) < 4.78 is 11.9. The molecule has 2 N–H and O–H groups in total. The summed E-state index contributed by atoms with van der Waals surface area (Å²) >= 11 is 0. The second-order valence-corrected chi connectivity index (χ2v) is 7.03. The number of benzene rings is 2. The van der Waals surface area contributed by atoms with Crippen LogP contribution in [-0.4, -0.2) is 36.7 Å². The highest BCUT2D eigenvalue weighted by Gasteiger charge is 2.10. The topological polar surface area (TPSA) is 60.6 Å². The lowest BCUT2D eigenvalue weighted by Crippen LogP contribution is -2.23. The van der Waals surface area contributed by atoms with E-state index in [1.165, 1.54) is 5.56 Å². The van der Waals surface area contributed by atoms with Crippen LogP contribution in [0.4, 0.5) is 5.82 Å². The maximum Gasteiger partial charge on any atom is 0.132 e. The maximum atomic E-state index is 5.98. The van der Waals surface area contributed by atoms with E-state index in [0.717, 1.165) is 42.3 Å². The zero-order chi connectivity index (χ0) is 20.5. The summed E-state index contributed by atoms with van der Waals surface area (Å²) in [6.07, 6.45) is 0.930. The van der Waals surface area contributed by atoms with Gasteiger partial charge in [-0.3, -0.25) is 4.90 Å². The Morgan fingerprint density at radius 3 is 2.52 bits per heavy atom. The van der Waals surface area contributed by atoms with Gasteiger partial charge in [0.2, 0.25) is 0 Å². The first-order valence-corrected chi connectivity index (χ1v) is 10.0. The van der Waals surface area contributed by atoms with Gasteiger partial charge in [0.1, 0.15) is 23.9 Å². The Balaban J connectivity index is 1.63. The van der Waals surface area contributed by atoms with Crippen molar-refractivity contribution in [3.05, 3.63) is 72.3 Å². The minimum Gasteiger partial charge on any atom is -0.493 e. The third kappa shape index (κ3) is 6.22. The molecule has 0 spiro atoms. The van der Waals surface area contributed by atoms with Crippen LogP contribution < -0.4 is 15.2 Å². The van der Waals surface area contributed by atoms with Crippen LogP contribution in [0.2, 0.25) is 0 Å². The molecule has 0 amide bonds. The molecule has 3 rings (SSSR count). The summed E-state index contributed by atoms with van der Waals surface area (Å²) in [7, 11) is 2.10. The quantitative estimate of drug-likeness (QED) is 0.546. The van der Waals surface area contributed by atoms with Gasteiger partial charge in [-0.05, 0) is 43.3 Å². The lowest BCUT2D eigenvalue weighted by Gasteiger charge is -2.18. The molecule has 1 heterocycles. The monoisotopic (exact) mass is 391 g/mol. The molecule has 0 atom stereocenters. The molecule has 1 aromatic heterocycles. The van der Waals surface area contributed by atoms with Crippen LogP contribution in [0.25, 0.3) is 11.3 Å². The highest BCUT2D eigenvalue weighted by molar-refractivity contribution is 5.69. The molecule has 0 aliphatic heterocycles. The zero-order valence-corrected chi connectivity index (χ0v) is 17.2. The van der Waals surface area contributed by atoms with Crippen molar-refractivity contribution in [2.45, 2.75) is 19.9 Å². The van der Waals surface area contributed by atoms with Crippen molar-refractivity contribution in [1.82, 2.24) is 9.88 Å². The Kier molecular flexibility index (Phi) is 7.47. The number of pyridine rings is 1. The molecule has 0 unspecified atom stereocenters. The van der Waals surface area contributed by atoms with Gasteiger partial charge < -0.3 is 15.2 Å². The van der Waals surface area contributed by atoms with Crippen molar-refractivity contribution < 1.29 is 9.47 Å². The molecule has 0 saturated carbocycles. The first-order chi connectivity index (χ1) is 14.2. The molecule has 3 aromatic rings. The first-order valence-electron chi connectivity index (χ1n) is 10.0. The average molecular weight is 392 g/mol. The predicted octanol–water partition coefficient (Wildman–Crippen LogP) is 4.63. The number of nitrogens with zero attached hydrogens (tertiary/aromatic N) is 2. The lowest BCUT2D eigenvalue weighted by atomic mass is 10.1. The fourth-order valence-electron chi connectivity index (χ4n) is 3.03. The third-order valence-corrected chi connectivity index (χ3v) is 4.50. The minimum atomic E-state index is 0.491. The van der Waals surface area contributed by atoms with Gasteiger partial charge in [-0.1, -0.05) is 43.3 Å². The lowest BCUT2D eigenvalue weighted by molar-refractivity contribution is 0.231. The Morgan fingerprint density at radius 1 is 0.931 bits per heavy atom. The van der Waals surface area contributed by atoms with Crippen molar-refractivity contribution >= 4 is 5.82 Å². The highest BCUT2D eigenvalue weighted by atomic mass is 16.5. The molecule has 0 bridgehead atoms. The van der Waals surface area contributed by atoms with Crippen LogP contribution in [0.3, 0.4) is 0 Å². The summed E-state index contributed by atoms with van der Waals surface area (Å²) in [5, 5.41) is 0. The molecule has 0 aliphatic carbocycles. The molecular weight excluding hydrogens is 362 g/mol. The van der Waals surface area contributed by atoms with E-state index in [4.69, 9.17) is 15.2 Å². The van der Waals surface area contributed by atoms with Crippen molar-refractivity contribution in [1.29, 1.82) is 0 Å². The van der Waals surface area contributed by atoms with E-state index in [1.807, 2.05) is 36.4 Å². The SMILES string of the molecule is CCCOc1cc(OCCN(C)Cc2ccccc2)ccc1-c1cccc(N)n1. The van der Waals surface area contributed by atoms with Crippen LogP contribution in [0, 0.1) is 0 Å². The van der Waals surface area contributed by atoms with E-state index >= 15 is 0 Å². The molecule has 29 heavy (non-hydrogen) atoms. The van der Waals surface area contributed by atoms with Crippen molar-refractivity contribution in [2.75, 3.05) is 32.5 Å². The Bertz CT molecular complexity index is 900. The largest absolute Gasteiger partial charge is 0.493 e. The summed E-state index contributed by atoms with van der Waals surface area (Å²) in [4.78, 5) is 6.66. The number of hydrogen-bond acceptors (Lipinski definition) is 5. The van der Waals surface area contributed by atoms with Crippen LogP contribution in [0.1, 0.15) is 18.9 Å². The normalized spacial score (nSPS) is 10.9. The van der Waals surface area contributed by atoms with Gasteiger partial charge in [-0.2, -0.15) is 0 Å². The standard InChI is InChI=1S/C24H29N3O2/c1-3-15-29-23-17-20(12-13-21(23)22-10-7-11-24(25)26-22)28-16-14-27(2)18-19-8-5-4-6-9-19/h4-13,17H,3,14-16,18H2,1-2H3,(H2,25,26). The number of likely N-dealkylation sites (N-methyl/N-ethyl adjacent to an activating group) is 1. The van der Waals surface area contributed by atoms with Crippen LogP contribution >= 0.6 is 0 Å². The average Bonchev–Trinajstić information content (AvgIpc) is 2.73. The number of rotatable bonds is 10. The van der Waals surface area contributed by atoms with Crippen molar-refractivity contribution in [3.63, 3.8) is 0 Å². The smallest absolute Gasteiger partial charge is 0.132 e. The molecular formula is C24H29N3O2. The van der Waals surface area contributed by atoms with E-state index in [0.29, 0.717) is 19.0 Å². The third-order valence-electron chi connectivity index (χ3n) is 4.50. The summed E-state index contributed by atoms with van der Waals surface area (Å²) in [5.41, 5.74) is 8.85. The summed E-state index contributed by atoms with van der Waals surface area (Å²) in [6, 6.07) is 21.9. The van der Waals surface area contributed by atoms with E-state index in [1.54, 1.807) is 6.07 Å². The van der Waals surface area contributed by atoms with E-state index in [9.17, 15) is 0 Å². The van der Waals surface area contributed by atoms with E-state index < -0.39 is 0 Å². The number of hydrogen-bond donors (Lipinski definition) is 1. The zero-order valence-electron chi connectivity index (χ0n) is 17.2. The van der Waals surface area contributed by atoms with Gasteiger partial charge in [0.05, 0.1) is 12.3 Å². The number of nitrogens with two attached hydrogens (primary N) is 1. The van der Waals surface area contributed by atoms with Gasteiger partial charge >= 0.3 is 0 Å². The number of anilines is 1. The minimum absolute atomic E-state index is 0.491. The van der Waals surface area contributed by atoms with E-state index in [2.05, 4.69) is 48.1 Å². The molecule has 0 aliphatic rings. The predicted molar refractivity (Wildman–Crippen MR) is 118 cm³/mol. The maximum absolute atomic E-state index is 5.98. The molecule has 0 saturated heterocycles. The summed E-state index contributed by atoms with van der Waals surface area (Å²) in [5.74, 6) is 2.04. The second kappa shape index (κ2) is 10.5. The first kappa shape index (κ1) is 20.7. The Morgan fingerprint density at radius 2 is 1.76 bits per heavy atom. The fraction of sp³-hybridized carbons (Fsp3) is 0.292. The Labute approximate surface area is 173 Å². The molecule has 152 valence electrons. The van der Waals surface area contributed by atoms with Crippen LogP contribution in [0.5, 0.6) is 11.5 Å². The molecule has 5 nitrogen and oxygen atoms in total. The molecule has 2 aromatic carbocycles. The van der Waals surface area contributed by atoms with Gasteiger partial charge in [0.25, 0.3) is 0 Å². The summed E-state index contributed by atoms with van der Waals surface area (Å²) in [6.45, 7) is 5.06. The van der Waals surface area contributed by atoms with Crippen LogP contribution in [-0.2, 0) is 6.54 Å². The van der Waals surface area contributed by atoms with Crippen molar-refractivity contribution in [3.8, 4) is 22.8 Å². The fourth-order valence-corrected chi connectivity index (χ4v) is 3.03. The number of nitrogen functional groups attached to an aromatic ring is 1.